The zero-order valence-corrected chi connectivity index (χ0v) is 14.1. The van der Waals surface area contributed by atoms with E-state index in [1.807, 2.05) is 0 Å². The minimum atomic E-state index is -0.454. The Kier molecular flexibility index (Phi) is 4.10. The Bertz CT molecular complexity index is 1110. The first-order valence-corrected chi connectivity index (χ1v) is 8.09. The highest BCUT2D eigenvalue weighted by Gasteiger charge is 2.12. The van der Waals surface area contributed by atoms with Gasteiger partial charge < -0.3 is 10.5 Å². The summed E-state index contributed by atoms with van der Waals surface area (Å²) in [5.41, 5.74) is 6.98. The molecule has 2 aromatic carbocycles. The summed E-state index contributed by atoms with van der Waals surface area (Å²) in [7, 11) is 0. The van der Waals surface area contributed by atoms with Crippen molar-refractivity contribution in [2.24, 2.45) is 0 Å². The SMILES string of the molecule is Nc1nc(-c2ccc(Oc3cccnc3)c(Cl)c2)nc2cccc(F)c12. The van der Waals surface area contributed by atoms with Crippen molar-refractivity contribution in [1.82, 2.24) is 15.0 Å². The van der Waals surface area contributed by atoms with E-state index in [4.69, 9.17) is 22.1 Å². The van der Waals surface area contributed by atoms with Crippen LogP contribution in [0.2, 0.25) is 5.02 Å². The Morgan fingerprint density at radius 1 is 1.04 bits per heavy atom. The number of anilines is 1. The predicted octanol–water partition coefficient (Wildman–Crippen LogP) is 4.86. The number of halogens is 2. The van der Waals surface area contributed by atoms with Crippen molar-refractivity contribution in [3.8, 4) is 22.9 Å². The quantitative estimate of drug-likeness (QED) is 0.560. The first-order chi connectivity index (χ1) is 12.6. The monoisotopic (exact) mass is 366 g/mol. The summed E-state index contributed by atoms with van der Waals surface area (Å²) >= 11 is 6.32. The number of hydrogen-bond donors (Lipinski definition) is 1. The standard InChI is InChI=1S/C19H12ClFN4O/c20-13-9-11(6-7-16(13)26-12-3-2-8-23-10-12)19-24-15-5-1-4-14(21)17(15)18(22)25-19/h1-10H,(H2,22,24,25). The molecule has 0 unspecified atom stereocenters. The normalized spacial score (nSPS) is 10.8. The second-order valence-corrected chi connectivity index (χ2v) is 5.91. The summed E-state index contributed by atoms with van der Waals surface area (Å²) in [6.07, 6.45) is 3.24. The average Bonchev–Trinajstić information content (AvgIpc) is 2.64. The lowest BCUT2D eigenvalue weighted by Crippen LogP contribution is -1.99. The van der Waals surface area contributed by atoms with Gasteiger partial charge in [0, 0.05) is 11.8 Å². The van der Waals surface area contributed by atoms with Crippen LogP contribution in [0.1, 0.15) is 0 Å². The predicted molar refractivity (Wildman–Crippen MR) is 98.7 cm³/mol. The molecule has 0 aliphatic rings. The summed E-state index contributed by atoms with van der Waals surface area (Å²) in [4.78, 5) is 12.6. The second-order valence-electron chi connectivity index (χ2n) is 5.50. The molecule has 5 nitrogen and oxygen atoms in total. The van der Waals surface area contributed by atoms with Crippen molar-refractivity contribution in [2.45, 2.75) is 0 Å². The van der Waals surface area contributed by atoms with E-state index < -0.39 is 5.82 Å². The van der Waals surface area contributed by atoms with Gasteiger partial charge in [-0.1, -0.05) is 17.7 Å². The van der Waals surface area contributed by atoms with E-state index in [1.165, 1.54) is 6.07 Å². The molecule has 0 fully saturated rings. The van der Waals surface area contributed by atoms with Crippen LogP contribution in [0, 0.1) is 5.82 Å². The van der Waals surface area contributed by atoms with Gasteiger partial charge in [-0.05, 0) is 42.5 Å². The topological polar surface area (TPSA) is 73.9 Å². The third-order valence-electron chi connectivity index (χ3n) is 3.75. The van der Waals surface area contributed by atoms with Crippen LogP contribution >= 0.6 is 11.6 Å². The molecule has 26 heavy (non-hydrogen) atoms. The number of ether oxygens (including phenoxy) is 1. The molecule has 0 saturated heterocycles. The molecule has 0 radical (unpaired) electrons. The fourth-order valence-electron chi connectivity index (χ4n) is 2.55. The van der Waals surface area contributed by atoms with E-state index in [2.05, 4.69) is 15.0 Å². The van der Waals surface area contributed by atoms with Crippen molar-refractivity contribution in [3.05, 3.63) is 71.8 Å². The number of pyridine rings is 1. The highest BCUT2D eigenvalue weighted by Crippen LogP contribution is 2.33. The largest absolute Gasteiger partial charge is 0.454 e. The molecule has 0 saturated carbocycles. The summed E-state index contributed by atoms with van der Waals surface area (Å²) in [6.45, 7) is 0. The van der Waals surface area contributed by atoms with Gasteiger partial charge in [-0.3, -0.25) is 4.98 Å². The lowest BCUT2D eigenvalue weighted by Gasteiger charge is -2.10. The van der Waals surface area contributed by atoms with Crippen molar-refractivity contribution in [1.29, 1.82) is 0 Å². The summed E-state index contributed by atoms with van der Waals surface area (Å²) in [6, 6.07) is 13.3. The molecule has 0 bridgehead atoms. The first kappa shape index (κ1) is 16.2. The number of hydrogen-bond acceptors (Lipinski definition) is 5. The molecular formula is C19H12ClFN4O. The molecule has 2 aromatic heterocycles. The van der Waals surface area contributed by atoms with Gasteiger partial charge in [0.1, 0.15) is 23.1 Å². The Morgan fingerprint density at radius 3 is 2.69 bits per heavy atom. The third-order valence-corrected chi connectivity index (χ3v) is 4.05. The first-order valence-electron chi connectivity index (χ1n) is 7.71. The minimum Gasteiger partial charge on any atom is -0.454 e. The van der Waals surface area contributed by atoms with Crippen LogP contribution in [0.5, 0.6) is 11.5 Å². The smallest absolute Gasteiger partial charge is 0.162 e. The van der Waals surface area contributed by atoms with E-state index in [0.717, 1.165) is 0 Å². The lowest BCUT2D eigenvalue weighted by molar-refractivity contribution is 0.480. The van der Waals surface area contributed by atoms with Gasteiger partial charge >= 0.3 is 0 Å². The molecule has 2 heterocycles. The molecule has 0 aliphatic carbocycles. The van der Waals surface area contributed by atoms with Crippen LogP contribution in [0.15, 0.2) is 60.9 Å². The molecule has 4 rings (SSSR count). The van der Waals surface area contributed by atoms with Crippen molar-refractivity contribution in [3.63, 3.8) is 0 Å². The molecule has 4 aromatic rings. The van der Waals surface area contributed by atoms with E-state index in [0.29, 0.717) is 33.4 Å². The van der Waals surface area contributed by atoms with Crippen LogP contribution in [0.3, 0.4) is 0 Å². The lowest BCUT2D eigenvalue weighted by atomic mass is 10.1. The molecule has 2 N–H and O–H groups in total. The van der Waals surface area contributed by atoms with Gasteiger partial charge in [0.25, 0.3) is 0 Å². The van der Waals surface area contributed by atoms with Gasteiger partial charge in [0.15, 0.2) is 5.82 Å². The van der Waals surface area contributed by atoms with Crippen LogP contribution in [0.4, 0.5) is 10.2 Å². The Balaban J connectivity index is 1.73. The number of fused-ring (bicyclic) bond motifs is 1. The maximum atomic E-state index is 13.9. The number of nitrogen functional groups attached to an aromatic ring is 1. The maximum absolute atomic E-state index is 13.9. The maximum Gasteiger partial charge on any atom is 0.162 e. The van der Waals surface area contributed by atoms with Crippen LogP contribution in [0.25, 0.3) is 22.3 Å². The molecule has 0 aliphatic heterocycles. The van der Waals surface area contributed by atoms with Crippen molar-refractivity contribution >= 4 is 28.3 Å². The molecule has 0 spiro atoms. The Labute approximate surface area is 153 Å². The van der Waals surface area contributed by atoms with Crippen molar-refractivity contribution in [2.75, 3.05) is 5.73 Å². The third kappa shape index (κ3) is 3.02. The molecular weight excluding hydrogens is 355 g/mol. The number of benzene rings is 2. The Morgan fingerprint density at radius 2 is 1.92 bits per heavy atom. The van der Waals surface area contributed by atoms with Gasteiger partial charge in [-0.2, -0.15) is 0 Å². The van der Waals surface area contributed by atoms with Crippen LogP contribution < -0.4 is 10.5 Å². The van der Waals surface area contributed by atoms with Gasteiger partial charge in [0.2, 0.25) is 0 Å². The zero-order valence-electron chi connectivity index (χ0n) is 13.4. The van der Waals surface area contributed by atoms with E-state index in [9.17, 15) is 4.39 Å². The van der Waals surface area contributed by atoms with E-state index >= 15 is 0 Å². The van der Waals surface area contributed by atoms with Gasteiger partial charge in [-0.25, -0.2) is 14.4 Å². The van der Waals surface area contributed by atoms with Gasteiger partial charge in [0.05, 0.1) is 22.1 Å². The summed E-state index contributed by atoms with van der Waals surface area (Å²) < 4.78 is 19.6. The number of nitrogens with zero attached hydrogens (tertiary/aromatic N) is 3. The fraction of sp³-hybridized carbons (Fsp3) is 0. The second kappa shape index (κ2) is 6.57. The number of rotatable bonds is 3. The minimum absolute atomic E-state index is 0.0786. The molecule has 0 atom stereocenters. The van der Waals surface area contributed by atoms with Crippen LogP contribution in [-0.2, 0) is 0 Å². The molecule has 128 valence electrons. The highest BCUT2D eigenvalue weighted by atomic mass is 35.5. The fourth-order valence-corrected chi connectivity index (χ4v) is 2.77. The van der Waals surface area contributed by atoms with Gasteiger partial charge in [-0.15, -0.1) is 0 Å². The zero-order chi connectivity index (χ0) is 18.1. The average molecular weight is 367 g/mol. The van der Waals surface area contributed by atoms with E-state index in [-0.39, 0.29) is 11.2 Å². The molecule has 0 amide bonds. The highest BCUT2D eigenvalue weighted by molar-refractivity contribution is 6.32. The van der Waals surface area contributed by atoms with Crippen LogP contribution in [-0.4, -0.2) is 15.0 Å². The van der Waals surface area contributed by atoms with Crippen molar-refractivity contribution < 1.29 is 9.13 Å². The number of aromatic nitrogens is 3. The van der Waals surface area contributed by atoms with E-state index in [1.54, 1.807) is 54.9 Å². The Hall–Kier alpha value is -3.25. The number of nitrogens with two attached hydrogens (primary N) is 1. The molecule has 7 heteroatoms. The summed E-state index contributed by atoms with van der Waals surface area (Å²) in [5.74, 6) is 1.03. The summed E-state index contributed by atoms with van der Waals surface area (Å²) in [5, 5.41) is 0.590.